The molecule has 136 valence electrons. The molecule has 1 heterocycles. The number of aryl methyl sites for hydroxylation is 1. The van der Waals surface area contributed by atoms with Gasteiger partial charge in [0.2, 0.25) is 10.0 Å². The molecule has 0 saturated carbocycles. The number of nitrogens with one attached hydrogen (secondary N) is 1. The quantitative estimate of drug-likeness (QED) is 0.892. The predicted molar refractivity (Wildman–Crippen MR) is 82.3 cm³/mol. The van der Waals surface area contributed by atoms with E-state index in [1.807, 2.05) is 0 Å². The van der Waals surface area contributed by atoms with Crippen LogP contribution in [0.5, 0.6) is 5.75 Å². The predicted octanol–water partition coefficient (Wildman–Crippen LogP) is 2.67. The van der Waals surface area contributed by atoms with E-state index in [1.165, 1.54) is 0 Å². The molecule has 6 nitrogen and oxygen atoms in total. The van der Waals surface area contributed by atoms with Crippen LogP contribution in [0.3, 0.4) is 0 Å². The van der Waals surface area contributed by atoms with Crippen LogP contribution in [0.4, 0.5) is 13.2 Å². The van der Waals surface area contributed by atoms with Crippen molar-refractivity contribution in [1.82, 2.24) is 14.5 Å². The molecule has 1 aromatic heterocycles. The molecule has 1 unspecified atom stereocenters. The van der Waals surface area contributed by atoms with Crippen LogP contribution >= 0.6 is 0 Å². The number of hydrogen-bond donors (Lipinski definition) is 1. The molecular weight excluding hydrogens is 359 g/mol. The van der Waals surface area contributed by atoms with Crippen molar-refractivity contribution >= 4 is 10.0 Å². The Morgan fingerprint density at radius 1 is 1.28 bits per heavy atom. The van der Waals surface area contributed by atoms with Crippen molar-refractivity contribution in [3.63, 3.8) is 0 Å². The fourth-order valence-electron chi connectivity index (χ4n) is 2.90. The van der Waals surface area contributed by atoms with Gasteiger partial charge in [-0.3, -0.25) is 4.68 Å². The van der Waals surface area contributed by atoms with Crippen molar-refractivity contribution in [2.45, 2.75) is 36.6 Å². The minimum Gasteiger partial charge on any atom is -0.406 e. The van der Waals surface area contributed by atoms with Crippen LogP contribution in [0, 0.1) is 0 Å². The molecule has 1 aliphatic rings. The van der Waals surface area contributed by atoms with Crippen molar-refractivity contribution in [2.24, 2.45) is 7.05 Å². The van der Waals surface area contributed by atoms with E-state index in [-0.39, 0.29) is 4.90 Å². The standard InChI is InChI=1S/C15H16F3N3O3S/c1-21-14-4-2-3-13(12(14)9-19-21)20-25(22,23)11-7-5-10(6-8-11)24-15(16,17)18/h5-9,13,20H,2-4H2,1H3. The average molecular weight is 375 g/mol. The normalized spacial score (nSPS) is 18.0. The van der Waals surface area contributed by atoms with Crippen molar-refractivity contribution in [3.05, 3.63) is 41.7 Å². The number of sulfonamides is 1. The highest BCUT2D eigenvalue weighted by molar-refractivity contribution is 7.89. The molecule has 0 saturated heterocycles. The van der Waals surface area contributed by atoms with E-state index in [9.17, 15) is 21.6 Å². The van der Waals surface area contributed by atoms with Crippen LogP contribution < -0.4 is 9.46 Å². The number of hydrogen-bond acceptors (Lipinski definition) is 4. The van der Waals surface area contributed by atoms with Gasteiger partial charge in [0.25, 0.3) is 0 Å². The topological polar surface area (TPSA) is 73.2 Å². The lowest BCUT2D eigenvalue weighted by Crippen LogP contribution is -2.31. The van der Waals surface area contributed by atoms with E-state index in [0.717, 1.165) is 48.4 Å². The number of nitrogens with zero attached hydrogens (tertiary/aromatic N) is 2. The van der Waals surface area contributed by atoms with Crippen LogP contribution in [-0.4, -0.2) is 24.6 Å². The summed E-state index contributed by atoms with van der Waals surface area (Å²) in [7, 11) is -2.08. The van der Waals surface area contributed by atoms with Gasteiger partial charge in [-0.05, 0) is 43.5 Å². The summed E-state index contributed by atoms with van der Waals surface area (Å²) < 4.78 is 69.6. The number of fused-ring (bicyclic) bond motifs is 1. The second kappa shape index (κ2) is 6.34. The Morgan fingerprint density at radius 3 is 2.60 bits per heavy atom. The molecule has 1 N–H and O–H groups in total. The van der Waals surface area contributed by atoms with Crippen LogP contribution in [0.25, 0.3) is 0 Å². The van der Waals surface area contributed by atoms with E-state index in [1.54, 1.807) is 17.9 Å². The molecule has 0 spiro atoms. The van der Waals surface area contributed by atoms with Crippen LogP contribution in [-0.2, 0) is 23.5 Å². The zero-order valence-electron chi connectivity index (χ0n) is 13.2. The summed E-state index contributed by atoms with van der Waals surface area (Å²) in [5.41, 5.74) is 1.81. The second-order valence-corrected chi connectivity index (χ2v) is 7.47. The zero-order valence-corrected chi connectivity index (χ0v) is 14.1. The Hall–Kier alpha value is -2.07. The molecule has 0 radical (unpaired) electrons. The van der Waals surface area contributed by atoms with E-state index in [2.05, 4.69) is 14.6 Å². The van der Waals surface area contributed by atoms with Gasteiger partial charge in [-0.1, -0.05) is 0 Å². The third-order valence-corrected chi connectivity index (χ3v) is 5.53. The van der Waals surface area contributed by atoms with E-state index in [4.69, 9.17) is 0 Å². The highest BCUT2D eigenvalue weighted by Crippen LogP contribution is 2.31. The minimum absolute atomic E-state index is 0.127. The summed E-state index contributed by atoms with van der Waals surface area (Å²) in [6, 6.07) is 3.69. The zero-order chi connectivity index (χ0) is 18.2. The number of halogens is 3. The van der Waals surface area contributed by atoms with E-state index >= 15 is 0 Å². The van der Waals surface area contributed by atoms with Crippen molar-refractivity contribution < 1.29 is 26.3 Å². The Morgan fingerprint density at radius 2 is 1.96 bits per heavy atom. The molecule has 0 bridgehead atoms. The van der Waals surface area contributed by atoms with Gasteiger partial charge in [-0.15, -0.1) is 13.2 Å². The van der Waals surface area contributed by atoms with Gasteiger partial charge in [0.1, 0.15) is 5.75 Å². The van der Waals surface area contributed by atoms with Crippen molar-refractivity contribution in [3.8, 4) is 5.75 Å². The fourth-order valence-corrected chi connectivity index (χ4v) is 4.15. The van der Waals surface area contributed by atoms with Gasteiger partial charge in [-0.2, -0.15) is 5.10 Å². The Labute approximate surface area is 142 Å². The lowest BCUT2D eigenvalue weighted by Gasteiger charge is -2.23. The molecule has 1 atom stereocenters. The fraction of sp³-hybridized carbons (Fsp3) is 0.400. The molecule has 0 fully saturated rings. The maximum atomic E-state index is 12.5. The van der Waals surface area contributed by atoms with Gasteiger partial charge in [0, 0.05) is 18.3 Å². The molecule has 1 aliphatic carbocycles. The van der Waals surface area contributed by atoms with Crippen LogP contribution in [0.1, 0.15) is 30.1 Å². The molecule has 0 aliphatic heterocycles. The van der Waals surface area contributed by atoms with E-state index < -0.39 is 28.2 Å². The molecule has 3 rings (SSSR count). The van der Waals surface area contributed by atoms with Crippen molar-refractivity contribution in [1.29, 1.82) is 0 Å². The summed E-state index contributed by atoms with van der Waals surface area (Å²) in [6.07, 6.45) is -0.905. The summed E-state index contributed by atoms with van der Waals surface area (Å²) >= 11 is 0. The third-order valence-electron chi connectivity index (χ3n) is 4.04. The molecule has 1 aromatic carbocycles. The first kappa shape index (κ1) is 17.7. The van der Waals surface area contributed by atoms with Gasteiger partial charge in [0.05, 0.1) is 17.1 Å². The third kappa shape index (κ3) is 3.96. The van der Waals surface area contributed by atoms with Crippen LogP contribution in [0.2, 0.25) is 0 Å². The first-order valence-electron chi connectivity index (χ1n) is 7.54. The minimum atomic E-state index is -4.82. The van der Waals surface area contributed by atoms with E-state index in [0.29, 0.717) is 6.42 Å². The first-order valence-corrected chi connectivity index (χ1v) is 9.03. The highest BCUT2D eigenvalue weighted by atomic mass is 32.2. The SMILES string of the molecule is Cn1ncc2c1CCCC2NS(=O)(=O)c1ccc(OC(F)(F)F)cc1. The van der Waals surface area contributed by atoms with Gasteiger partial charge >= 0.3 is 6.36 Å². The largest absolute Gasteiger partial charge is 0.573 e. The van der Waals surface area contributed by atoms with Crippen LogP contribution in [0.15, 0.2) is 35.4 Å². The summed E-state index contributed by atoms with van der Waals surface area (Å²) in [5, 5.41) is 4.16. The number of aromatic nitrogens is 2. The number of alkyl halides is 3. The first-order chi connectivity index (χ1) is 11.7. The van der Waals surface area contributed by atoms with Gasteiger partial charge < -0.3 is 4.74 Å². The second-order valence-electron chi connectivity index (χ2n) is 5.76. The molecular formula is C15H16F3N3O3S. The Kier molecular flexibility index (Phi) is 4.50. The Balaban J connectivity index is 1.79. The maximum absolute atomic E-state index is 12.5. The highest BCUT2D eigenvalue weighted by Gasteiger charge is 2.31. The molecule has 2 aromatic rings. The lowest BCUT2D eigenvalue weighted by atomic mass is 9.94. The summed E-state index contributed by atoms with van der Waals surface area (Å²) in [6.45, 7) is 0. The summed E-state index contributed by atoms with van der Waals surface area (Å²) in [5.74, 6) is -0.473. The van der Waals surface area contributed by atoms with Crippen molar-refractivity contribution in [2.75, 3.05) is 0 Å². The maximum Gasteiger partial charge on any atom is 0.573 e. The number of rotatable bonds is 4. The molecule has 0 amide bonds. The van der Waals surface area contributed by atoms with Gasteiger partial charge in [-0.25, -0.2) is 13.1 Å². The van der Waals surface area contributed by atoms with Gasteiger partial charge in [0.15, 0.2) is 0 Å². The monoisotopic (exact) mass is 375 g/mol. The smallest absolute Gasteiger partial charge is 0.406 e. The Bertz CT molecular complexity index is 860. The number of benzene rings is 1. The molecule has 25 heavy (non-hydrogen) atoms. The lowest BCUT2D eigenvalue weighted by molar-refractivity contribution is -0.274. The molecule has 10 heteroatoms. The average Bonchev–Trinajstić information content (AvgIpc) is 2.89. The number of ether oxygens (including phenoxy) is 1. The summed E-state index contributed by atoms with van der Waals surface area (Å²) in [4.78, 5) is -0.127.